The summed E-state index contributed by atoms with van der Waals surface area (Å²) in [4.78, 5) is 40.2. The lowest BCUT2D eigenvalue weighted by Gasteiger charge is -2.23. The predicted molar refractivity (Wildman–Crippen MR) is 159 cm³/mol. The largest absolute Gasteiger partial charge is 0.495 e. The molecule has 0 unspecified atom stereocenters. The Morgan fingerprint density at radius 1 is 1.00 bits per heavy atom. The zero-order valence-electron chi connectivity index (χ0n) is 22.4. The number of carbonyl (C=O) groups is 2. The standard InChI is InChI=1S/C30H27Cl2N5O4/c1-4-27(38)36-23-8-6-5-7-20(23)13-21-14-26(35-18-34-21)37(17-19-9-11-33-12-10-19)28(39)15-22-29(31)24(40-2)16-25(41-3)30(22)32/h4-12,14,16,18H,1,13,15,17H2,2-3H3,(H,36,38). The van der Waals surface area contributed by atoms with E-state index in [4.69, 9.17) is 32.7 Å². The molecular weight excluding hydrogens is 565 g/mol. The third kappa shape index (κ3) is 7.19. The van der Waals surface area contributed by atoms with Gasteiger partial charge >= 0.3 is 0 Å². The Labute approximate surface area is 247 Å². The number of hydrogen-bond acceptors (Lipinski definition) is 7. The number of nitrogens with one attached hydrogen (secondary N) is 1. The quantitative estimate of drug-likeness (QED) is 0.223. The fraction of sp³-hybridized carbons (Fsp3) is 0.167. The van der Waals surface area contributed by atoms with Gasteiger partial charge in [-0.2, -0.15) is 0 Å². The normalized spacial score (nSPS) is 10.5. The minimum absolute atomic E-state index is 0.147. The van der Waals surface area contributed by atoms with E-state index < -0.39 is 0 Å². The molecule has 0 atom stereocenters. The van der Waals surface area contributed by atoms with Gasteiger partial charge in [-0.3, -0.25) is 19.5 Å². The zero-order valence-corrected chi connectivity index (χ0v) is 23.9. The average Bonchev–Trinajstić information content (AvgIpc) is 2.99. The summed E-state index contributed by atoms with van der Waals surface area (Å²) in [7, 11) is 2.94. The molecule has 2 aromatic carbocycles. The van der Waals surface area contributed by atoms with E-state index in [-0.39, 0.29) is 34.8 Å². The van der Waals surface area contributed by atoms with Crippen molar-refractivity contribution in [3.8, 4) is 11.5 Å². The SMILES string of the molecule is C=CC(=O)Nc1ccccc1Cc1cc(N(Cc2ccncc2)C(=O)Cc2c(Cl)c(OC)cc(OC)c2Cl)ncn1. The van der Waals surface area contributed by atoms with Gasteiger partial charge in [0, 0.05) is 42.2 Å². The summed E-state index contributed by atoms with van der Waals surface area (Å²) in [6, 6.07) is 14.3. The van der Waals surface area contributed by atoms with Crippen LogP contribution in [0.25, 0.3) is 0 Å². The van der Waals surface area contributed by atoms with Gasteiger partial charge in [0.1, 0.15) is 23.6 Å². The molecule has 0 saturated carbocycles. The molecule has 2 heterocycles. The van der Waals surface area contributed by atoms with Crippen molar-refractivity contribution in [1.29, 1.82) is 0 Å². The maximum absolute atomic E-state index is 13.9. The smallest absolute Gasteiger partial charge is 0.247 e. The number of aromatic nitrogens is 3. The minimum Gasteiger partial charge on any atom is -0.495 e. The summed E-state index contributed by atoms with van der Waals surface area (Å²) in [5, 5.41) is 3.25. The Bertz CT molecular complexity index is 1540. The first-order valence-corrected chi connectivity index (χ1v) is 13.2. The number of hydrogen-bond donors (Lipinski definition) is 1. The van der Waals surface area contributed by atoms with Gasteiger partial charge in [-0.25, -0.2) is 9.97 Å². The van der Waals surface area contributed by atoms with Gasteiger partial charge in [-0.05, 0) is 35.4 Å². The van der Waals surface area contributed by atoms with Crippen molar-refractivity contribution >= 4 is 46.5 Å². The summed E-state index contributed by atoms with van der Waals surface area (Å²) in [6.45, 7) is 3.72. The number of amides is 2. The van der Waals surface area contributed by atoms with Crippen LogP contribution in [-0.2, 0) is 29.0 Å². The number of pyridine rings is 1. The van der Waals surface area contributed by atoms with Crippen LogP contribution < -0.4 is 19.7 Å². The fourth-order valence-corrected chi connectivity index (χ4v) is 4.75. The van der Waals surface area contributed by atoms with Crippen LogP contribution in [0.1, 0.15) is 22.4 Å². The fourth-order valence-electron chi connectivity index (χ4n) is 4.11. The Kier molecular flexibility index (Phi) is 9.89. The summed E-state index contributed by atoms with van der Waals surface area (Å²) >= 11 is 13.1. The first-order valence-electron chi connectivity index (χ1n) is 12.4. The van der Waals surface area contributed by atoms with Gasteiger partial charge in [0.2, 0.25) is 11.8 Å². The van der Waals surface area contributed by atoms with Gasteiger partial charge in [-0.1, -0.05) is 48.0 Å². The van der Waals surface area contributed by atoms with E-state index in [0.717, 1.165) is 11.1 Å². The van der Waals surface area contributed by atoms with Crippen molar-refractivity contribution < 1.29 is 19.1 Å². The summed E-state index contributed by atoms with van der Waals surface area (Å²) in [5.74, 6) is 0.419. The highest BCUT2D eigenvalue weighted by atomic mass is 35.5. The zero-order chi connectivity index (χ0) is 29.4. The van der Waals surface area contributed by atoms with Crippen LogP contribution in [-0.4, -0.2) is 41.0 Å². The van der Waals surface area contributed by atoms with Crippen molar-refractivity contribution in [2.45, 2.75) is 19.4 Å². The topological polar surface area (TPSA) is 107 Å². The molecule has 11 heteroatoms. The molecule has 4 aromatic rings. The number of rotatable bonds is 11. The van der Waals surface area contributed by atoms with Crippen LogP contribution in [0.2, 0.25) is 10.0 Å². The number of nitrogens with zero attached hydrogens (tertiary/aromatic N) is 4. The second-order valence-corrected chi connectivity index (χ2v) is 9.55. The molecule has 0 radical (unpaired) electrons. The number of benzene rings is 2. The molecule has 0 spiro atoms. The van der Waals surface area contributed by atoms with Gasteiger partial charge in [0.05, 0.1) is 42.9 Å². The van der Waals surface area contributed by atoms with Crippen molar-refractivity contribution in [3.05, 3.63) is 112 Å². The van der Waals surface area contributed by atoms with Crippen molar-refractivity contribution in [2.24, 2.45) is 0 Å². The molecule has 0 fully saturated rings. The van der Waals surface area contributed by atoms with Gasteiger partial charge in [0.15, 0.2) is 0 Å². The van der Waals surface area contributed by atoms with E-state index >= 15 is 0 Å². The van der Waals surface area contributed by atoms with Crippen molar-refractivity contribution in [1.82, 2.24) is 15.0 Å². The van der Waals surface area contributed by atoms with Crippen LogP contribution >= 0.6 is 23.2 Å². The molecule has 210 valence electrons. The number of para-hydroxylation sites is 1. The van der Waals surface area contributed by atoms with E-state index in [1.807, 2.05) is 30.3 Å². The second-order valence-electron chi connectivity index (χ2n) is 8.79. The lowest BCUT2D eigenvalue weighted by Crippen LogP contribution is -2.33. The van der Waals surface area contributed by atoms with E-state index in [9.17, 15) is 9.59 Å². The highest BCUT2D eigenvalue weighted by molar-refractivity contribution is 6.38. The van der Waals surface area contributed by atoms with Crippen molar-refractivity contribution in [2.75, 3.05) is 24.4 Å². The number of anilines is 2. The van der Waals surface area contributed by atoms with E-state index in [2.05, 4.69) is 26.8 Å². The molecule has 41 heavy (non-hydrogen) atoms. The third-order valence-electron chi connectivity index (χ3n) is 6.20. The molecule has 9 nitrogen and oxygen atoms in total. The lowest BCUT2D eigenvalue weighted by molar-refractivity contribution is -0.118. The molecule has 1 N–H and O–H groups in total. The van der Waals surface area contributed by atoms with Crippen LogP contribution in [0.3, 0.4) is 0 Å². The predicted octanol–water partition coefficient (Wildman–Crippen LogP) is 5.69. The second kappa shape index (κ2) is 13.7. The number of halogens is 2. The molecule has 0 aliphatic rings. The Morgan fingerprint density at radius 3 is 2.34 bits per heavy atom. The molecule has 2 aromatic heterocycles. The maximum atomic E-state index is 13.9. The molecule has 0 bridgehead atoms. The van der Waals surface area contributed by atoms with E-state index in [0.29, 0.717) is 40.7 Å². The maximum Gasteiger partial charge on any atom is 0.247 e. The van der Waals surface area contributed by atoms with E-state index in [1.54, 1.807) is 30.6 Å². The Hall–Kier alpha value is -4.47. The molecule has 4 rings (SSSR count). The highest BCUT2D eigenvalue weighted by Gasteiger charge is 2.24. The summed E-state index contributed by atoms with van der Waals surface area (Å²) in [6.07, 6.45) is 6.14. The van der Waals surface area contributed by atoms with Crippen LogP contribution in [0.4, 0.5) is 11.5 Å². The van der Waals surface area contributed by atoms with Crippen LogP contribution in [0.5, 0.6) is 11.5 Å². The summed E-state index contributed by atoms with van der Waals surface area (Å²) in [5.41, 5.74) is 3.32. The Balaban J connectivity index is 1.69. The molecule has 0 saturated heterocycles. The van der Waals surface area contributed by atoms with Gasteiger partial charge < -0.3 is 14.8 Å². The lowest BCUT2D eigenvalue weighted by atomic mass is 10.1. The highest BCUT2D eigenvalue weighted by Crippen LogP contribution is 2.41. The van der Waals surface area contributed by atoms with Crippen LogP contribution in [0, 0.1) is 0 Å². The third-order valence-corrected chi connectivity index (χ3v) is 7.03. The molecule has 2 amide bonds. The van der Waals surface area contributed by atoms with Gasteiger partial charge in [-0.15, -0.1) is 0 Å². The Morgan fingerprint density at radius 2 is 1.68 bits per heavy atom. The minimum atomic E-state index is -0.318. The number of methoxy groups -OCH3 is 2. The van der Waals surface area contributed by atoms with Crippen LogP contribution in [0.15, 0.2) is 79.9 Å². The molecular formula is C30H27Cl2N5O4. The summed E-state index contributed by atoms with van der Waals surface area (Å²) < 4.78 is 10.7. The molecule has 0 aliphatic carbocycles. The van der Waals surface area contributed by atoms with E-state index in [1.165, 1.54) is 31.5 Å². The monoisotopic (exact) mass is 591 g/mol. The number of ether oxygens (including phenoxy) is 2. The average molecular weight is 592 g/mol. The first-order chi connectivity index (χ1) is 19.8. The van der Waals surface area contributed by atoms with Crippen molar-refractivity contribution in [3.63, 3.8) is 0 Å². The molecule has 0 aliphatic heterocycles. The first kappa shape index (κ1) is 29.5. The van der Waals surface area contributed by atoms with Gasteiger partial charge in [0.25, 0.3) is 0 Å². The number of carbonyl (C=O) groups excluding carboxylic acids is 2.